The van der Waals surface area contributed by atoms with Crippen molar-refractivity contribution in [3.63, 3.8) is 0 Å². The van der Waals surface area contributed by atoms with Gasteiger partial charge in [0, 0.05) is 26.2 Å². The normalized spacial score (nSPS) is 22.3. The van der Waals surface area contributed by atoms with Gasteiger partial charge in [-0.2, -0.15) is 13.2 Å². The highest BCUT2D eigenvalue weighted by atomic mass is 19.4. The summed E-state index contributed by atoms with van der Waals surface area (Å²) in [6, 6.07) is -0.218. The summed E-state index contributed by atoms with van der Waals surface area (Å²) in [6.07, 6.45) is -6.10. The van der Waals surface area contributed by atoms with Crippen molar-refractivity contribution in [2.45, 2.75) is 57.5 Å². The maximum atomic E-state index is 12.4. The van der Waals surface area contributed by atoms with Crippen molar-refractivity contribution in [1.82, 2.24) is 9.80 Å². The lowest BCUT2D eigenvalue weighted by atomic mass is 10.0. The number of nitrogens with zero attached hydrogens (tertiary/aromatic N) is 2. The van der Waals surface area contributed by atoms with Crippen LogP contribution in [0.1, 0.15) is 33.6 Å². The van der Waals surface area contributed by atoms with Gasteiger partial charge in [-0.15, -0.1) is 0 Å². The number of amides is 1. The number of aliphatic hydroxyl groups is 1. The zero-order valence-corrected chi connectivity index (χ0v) is 13.5. The van der Waals surface area contributed by atoms with E-state index in [2.05, 4.69) is 0 Å². The Morgan fingerprint density at radius 1 is 1.41 bits per heavy atom. The number of carbonyl (C=O) groups is 1. The summed E-state index contributed by atoms with van der Waals surface area (Å²) in [6.45, 7) is 5.57. The molecule has 1 amide bonds. The van der Waals surface area contributed by atoms with Crippen LogP contribution >= 0.6 is 0 Å². The van der Waals surface area contributed by atoms with Crippen LogP contribution in [-0.4, -0.2) is 71.6 Å². The Balaban J connectivity index is 2.57. The van der Waals surface area contributed by atoms with E-state index < -0.39 is 30.5 Å². The predicted octanol–water partition coefficient (Wildman–Crippen LogP) is 2.24. The minimum absolute atomic E-state index is 0.218. The maximum Gasteiger partial charge on any atom is 0.415 e. The second kappa shape index (κ2) is 7.04. The van der Waals surface area contributed by atoms with Crippen molar-refractivity contribution in [3.05, 3.63) is 0 Å². The Morgan fingerprint density at radius 3 is 2.50 bits per heavy atom. The van der Waals surface area contributed by atoms with Gasteiger partial charge in [0.05, 0.1) is 0 Å². The fourth-order valence-corrected chi connectivity index (χ4v) is 2.34. The largest absolute Gasteiger partial charge is 0.444 e. The van der Waals surface area contributed by atoms with Gasteiger partial charge in [0.1, 0.15) is 5.60 Å². The molecule has 0 aromatic rings. The SMILES string of the molecule is CN(C(=O)OC(C)(C)C)[C@@H]1CCCN(C[C@@H](O)C(F)(F)F)C1. The van der Waals surface area contributed by atoms with E-state index in [0.29, 0.717) is 25.9 Å². The predicted molar refractivity (Wildman–Crippen MR) is 75.5 cm³/mol. The summed E-state index contributed by atoms with van der Waals surface area (Å²) in [5, 5.41) is 9.15. The van der Waals surface area contributed by atoms with Crippen LogP contribution in [0.4, 0.5) is 18.0 Å². The van der Waals surface area contributed by atoms with Gasteiger partial charge in [0.15, 0.2) is 6.10 Å². The van der Waals surface area contributed by atoms with Crippen molar-refractivity contribution in [2.75, 3.05) is 26.7 Å². The van der Waals surface area contributed by atoms with Crippen LogP contribution in [0.2, 0.25) is 0 Å². The first kappa shape index (κ1) is 19.0. The van der Waals surface area contributed by atoms with Crippen molar-refractivity contribution in [1.29, 1.82) is 0 Å². The van der Waals surface area contributed by atoms with Crippen LogP contribution in [0.3, 0.4) is 0 Å². The minimum Gasteiger partial charge on any atom is -0.444 e. The fourth-order valence-electron chi connectivity index (χ4n) is 2.34. The van der Waals surface area contributed by atoms with E-state index in [0.717, 1.165) is 0 Å². The van der Waals surface area contributed by atoms with Gasteiger partial charge in [-0.1, -0.05) is 0 Å². The summed E-state index contributed by atoms with van der Waals surface area (Å²) in [5.74, 6) is 0. The highest BCUT2D eigenvalue weighted by molar-refractivity contribution is 5.68. The second-order valence-electron chi connectivity index (χ2n) is 6.70. The van der Waals surface area contributed by atoms with Gasteiger partial charge in [-0.05, 0) is 40.2 Å². The quantitative estimate of drug-likeness (QED) is 0.864. The van der Waals surface area contributed by atoms with E-state index in [-0.39, 0.29) is 6.04 Å². The van der Waals surface area contributed by atoms with E-state index in [1.54, 1.807) is 27.8 Å². The molecule has 0 bridgehead atoms. The molecule has 0 spiro atoms. The third-order valence-corrected chi connectivity index (χ3v) is 3.52. The molecule has 1 fully saturated rings. The molecule has 22 heavy (non-hydrogen) atoms. The van der Waals surface area contributed by atoms with Crippen LogP contribution in [0, 0.1) is 0 Å². The first-order valence-electron chi connectivity index (χ1n) is 7.33. The number of alkyl halides is 3. The molecule has 1 rings (SSSR count). The van der Waals surface area contributed by atoms with E-state index in [9.17, 15) is 18.0 Å². The standard InChI is InChI=1S/C14H25F3N2O3/c1-13(2,3)22-12(21)18(4)10-6-5-7-19(8-10)9-11(20)14(15,16)17/h10-11,20H,5-9H2,1-4H3/t10-,11-/m1/s1. The summed E-state index contributed by atoms with van der Waals surface area (Å²) >= 11 is 0. The number of hydrogen-bond acceptors (Lipinski definition) is 4. The number of hydrogen-bond donors (Lipinski definition) is 1. The molecule has 1 N–H and O–H groups in total. The van der Waals surface area contributed by atoms with Crippen LogP contribution in [0.15, 0.2) is 0 Å². The molecule has 8 heteroatoms. The van der Waals surface area contributed by atoms with Gasteiger partial charge in [0.2, 0.25) is 0 Å². The first-order valence-corrected chi connectivity index (χ1v) is 7.33. The third-order valence-electron chi connectivity index (χ3n) is 3.52. The lowest BCUT2D eigenvalue weighted by Gasteiger charge is -2.38. The van der Waals surface area contributed by atoms with Crippen LogP contribution < -0.4 is 0 Å². The molecular formula is C14H25F3N2O3. The Morgan fingerprint density at radius 2 is 2.00 bits per heavy atom. The molecule has 2 atom stereocenters. The molecule has 0 unspecified atom stereocenters. The third kappa shape index (κ3) is 6.00. The van der Waals surface area contributed by atoms with Gasteiger partial charge >= 0.3 is 12.3 Å². The number of carbonyl (C=O) groups excluding carboxylic acids is 1. The summed E-state index contributed by atoms with van der Waals surface area (Å²) in [7, 11) is 1.59. The molecule has 0 saturated carbocycles. The molecule has 0 aromatic carbocycles. The van der Waals surface area contributed by atoms with Crippen molar-refractivity contribution in [3.8, 4) is 0 Å². The number of piperidine rings is 1. The van der Waals surface area contributed by atoms with E-state index >= 15 is 0 Å². The van der Waals surface area contributed by atoms with E-state index in [1.807, 2.05) is 0 Å². The topological polar surface area (TPSA) is 53.0 Å². The number of rotatable bonds is 3. The van der Waals surface area contributed by atoms with Crippen LogP contribution in [0.25, 0.3) is 0 Å². The van der Waals surface area contributed by atoms with Crippen molar-refractivity contribution in [2.24, 2.45) is 0 Å². The molecule has 0 aromatic heterocycles. The Hall–Kier alpha value is -1.02. The smallest absolute Gasteiger partial charge is 0.415 e. The molecule has 5 nitrogen and oxygen atoms in total. The zero-order valence-electron chi connectivity index (χ0n) is 13.5. The summed E-state index contributed by atoms with van der Waals surface area (Å²) < 4.78 is 42.5. The molecular weight excluding hydrogens is 301 g/mol. The molecule has 1 aliphatic heterocycles. The number of β-amino-alcohol motifs (C(OH)–C–C–N with tert-alkyl or cyclic N) is 1. The number of likely N-dealkylation sites (N-methyl/N-ethyl adjacent to an activating group) is 1. The van der Waals surface area contributed by atoms with Crippen molar-refractivity contribution < 1.29 is 27.8 Å². The van der Waals surface area contributed by atoms with Crippen LogP contribution in [-0.2, 0) is 4.74 Å². The van der Waals surface area contributed by atoms with Crippen molar-refractivity contribution >= 4 is 6.09 Å². The highest BCUT2D eigenvalue weighted by Gasteiger charge is 2.40. The maximum absolute atomic E-state index is 12.4. The summed E-state index contributed by atoms with van der Waals surface area (Å²) in [4.78, 5) is 15.0. The Kier molecular flexibility index (Phi) is 6.09. The molecule has 0 radical (unpaired) electrons. The van der Waals surface area contributed by atoms with Gasteiger partial charge in [-0.25, -0.2) is 4.79 Å². The molecule has 1 heterocycles. The average molecular weight is 326 g/mol. The zero-order chi connectivity index (χ0) is 17.1. The Bertz CT molecular complexity index is 383. The van der Waals surface area contributed by atoms with Gasteiger partial charge in [-0.3, -0.25) is 4.90 Å². The molecule has 1 saturated heterocycles. The molecule has 0 aliphatic carbocycles. The second-order valence-corrected chi connectivity index (χ2v) is 6.70. The number of aliphatic hydroxyl groups excluding tert-OH is 1. The summed E-state index contributed by atoms with van der Waals surface area (Å²) in [5.41, 5.74) is -0.619. The minimum atomic E-state index is -4.62. The molecule has 130 valence electrons. The van der Waals surface area contributed by atoms with Gasteiger partial charge < -0.3 is 14.7 Å². The monoisotopic (exact) mass is 326 g/mol. The number of ether oxygens (including phenoxy) is 1. The fraction of sp³-hybridized carbons (Fsp3) is 0.929. The lowest BCUT2D eigenvalue weighted by molar-refractivity contribution is -0.209. The lowest BCUT2D eigenvalue weighted by Crippen LogP contribution is -2.52. The number of halogens is 3. The first-order chi connectivity index (χ1) is 9.90. The highest BCUT2D eigenvalue weighted by Crippen LogP contribution is 2.23. The van der Waals surface area contributed by atoms with E-state index in [4.69, 9.17) is 9.84 Å². The van der Waals surface area contributed by atoms with Crippen LogP contribution in [0.5, 0.6) is 0 Å². The average Bonchev–Trinajstić information content (AvgIpc) is 2.35. The number of likely N-dealkylation sites (tertiary alicyclic amines) is 1. The Labute approximate surface area is 129 Å². The van der Waals surface area contributed by atoms with Gasteiger partial charge in [0.25, 0.3) is 0 Å². The molecule has 1 aliphatic rings. The van der Waals surface area contributed by atoms with E-state index in [1.165, 1.54) is 9.80 Å².